The molecular formula is C19H25ClN2O4. The number of rotatable bonds is 6. The highest BCUT2D eigenvalue weighted by Crippen LogP contribution is 2.31. The van der Waals surface area contributed by atoms with Crippen molar-refractivity contribution < 1.29 is 19.5 Å². The van der Waals surface area contributed by atoms with Gasteiger partial charge < -0.3 is 15.3 Å². The van der Waals surface area contributed by atoms with Gasteiger partial charge in [0.25, 0.3) is 5.91 Å². The fourth-order valence-electron chi connectivity index (χ4n) is 3.03. The van der Waals surface area contributed by atoms with Crippen LogP contribution in [0.4, 0.5) is 0 Å². The molecule has 2 amide bonds. The molecule has 1 aliphatic rings. The van der Waals surface area contributed by atoms with Crippen molar-refractivity contribution in [3.63, 3.8) is 0 Å². The van der Waals surface area contributed by atoms with Crippen LogP contribution >= 0.6 is 11.6 Å². The standard InChI is InChI=1S/C19H25ClN2O4/c1-4-12(2)15(21-16(23)13-5-7-14(20)8-6-13)17(24)22-10-9-19(3,11-22)18(25)26/h5-8,12,15H,4,9-11H2,1-3H3,(H,21,23)(H,25,26). The summed E-state index contributed by atoms with van der Waals surface area (Å²) in [7, 11) is 0. The molecule has 3 atom stereocenters. The number of hydrogen-bond acceptors (Lipinski definition) is 3. The molecule has 1 heterocycles. The molecule has 6 nitrogen and oxygen atoms in total. The van der Waals surface area contributed by atoms with Crippen molar-refractivity contribution in [1.82, 2.24) is 10.2 Å². The Morgan fingerprint density at radius 3 is 2.42 bits per heavy atom. The topological polar surface area (TPSA) is 86.7 Å². The molecule has 0 radical (unpaired) electrons. The van der Waals surface area contributed by atoms with Crippen LogP contribution < -0.4 is 5.32 Å². The molecule has 7 heteroatoms. The zero-order valence-electron chi connectivity index (χ0n) is 15.3. The molecule has 0 saturated carbocycles. The van der Waals surface area contributed by atoms with E-state index in [2.05, 4.69) is 5.32 Å². The number of nitrogens with zero attached hydrogens (tertiary/aromatic N) is 1. The van der Waals surface area contributed by atoms with E-state index in [9.17, 15) is 19.5 Å². The van der Waals surface area contributed by atoms with Gasteiger partial charge >= 0.3 is 5.97 Å². The summed E-state index contributed by atoms with van der Waals surface area (Å²) >= 11 is 5.84. The highest BCUT2D eigenvalue weighted by Gasteiger charge is 2.44. The molecule has 142 valence electrons. The summed E-state index contributed by atoms with van der Waals surface area (Å²) in [5.74, 6) is -1.55. The predicted molar refractivity (Wildman–Crippen MR) is 99.1 cm³/mol. The average molecular weight is 381 g/mol. The molecule has 26 heavy (non-hydrogen) atoms. The lowest BCUT2D eigenvalue weighted by Gasteiger charge is -2.29. The Hall–Kier alpha value is -2.08. The van der Waals surface area contributed by atoms with Crippen LogP contribution in [-0.2, 0) is 9.59 Å². The van der Waals surface area contributed by atoms with Gasteiger partial charge in [-0.05, 0) is 43.5 Å². The fraction of sp³-hybridized carbons (Fsp3) is 0.526. The van der Waals surface area contributed by atoms with Crippen LogP contribution in [0.2, 0.25) is 5.02 Å². The summed E-state index contributed by atoms with van der Waals surface area (Å²) in [4.78, 5) is 38.5. The molecular weight excluding hydrogens is 356 g/mol. The Morgan fingerprint density at radius 2 is 1.92 bits per heavy atom. The van der Waals surface area contributed by atoms with E-state index in [1.54, 1.807) is 36.1 Å². The smallest absolute Gasteiger partial charge is 0.311 e. The van der Waals surface area contributed by atoms with Gasteiger partial charge in [0, 0.05) is 23.7 Å². The average Bonchev–Trinajstić information content (AvgIpc) is 3.02. The van der Waals surface area contributed by atoms with Crippen LogP contribution in [0.1, 0.15) is 44.0 Å². The molecule has 2 rings (SSSR count). The Balaban J connectivity index is 2.14. The van der Waals surface area contributed by atoms with E-state index < -0.39 is 17.4 Å². The molecule has 1 aromatic carbocycles. The van der Waals surface area contributed by atoms with E-state index in [4.69, 9.17) is 11.6 Å². The molecule has 0 aliphatic carbocycles. The number of carboxylic acids is 1. The monoisotopic (exact) mass is 380 g/mol. The Kier molecular flexibility index (Phi) is 6.29. The molecule has 1 fully saturated rings. The minimum Gasteiger partial charge on any atom is -0.481 e. The molecule has 2 N–H and O–H groups in total. The van der Waals surface area contributed by atoms with Crippen LogP contribution in [0.25, 0.3) is 0 Å². The first kappa shape index (κ1) is 20.2. The second-order valence-corrected chi connectivity index (χ2v) is 7.66. The van der Waals surface area contributed by atoms with Gasteiger partial charge in [-0.1, -0.05) is 31.9 Å². The lowest BCUT2D eigenvalue weighted by Crippen LogP contribution is -2.51. The third kappa shape index (κ3) is 4.36. The summed E-state index contributed by atoms with van der Waals surface area (Å²) in [6.45, 7) is 6.03. The van der Waals surface area contributed by atoms with Gasteiger partial charge in [0.05, 0.1) is 5.41 Å². The van der Waals surface area contributed by atoms with Crippen LogP contribution in [0.5, 0.6) is 0 Å². The van der Waals surface area contributed by atoms with Crippen LogP contribution in [0.3, 0.4) is 0 Å². The van der Waals surface area contributed by atoms with Crippen LogP contribution in [0, 0.1) is 11.3 Å². The largest absolute Gasteiger partial charge is 0.481 e. The van der Waals surface area contributed by atoms with Crippen LogP contribution in [0.15, 0.2) is 24.3 Å². The lowest BCUT2D eigenvalue weighted by molar-refractivity contribution is -0.147. The molecule has 0 bridgehead atoms. The van der Waals surface area contributed by atoms with Gasteiger partial charge in [-0.15, -0.1) is 0 Å². The number of aliphatic carboxylic acids is 1. The summed E-state index contributed by atoms with van der Waals surface area (Å²) in [6.07, 6.45) is 1.12. The zero-order chi connectivity index (χ0) is 19.5. The first-order valence-electron chi connectivity index (χ1n) is 8.76. The van der Waals surface area contributed by atoms with E-state index in [-0.39, 0.29) is 24.3 Å². The predicted octanol–water partition coefficient (Wildman–Crippen LogP) is 2.81. The van der Waals surface area contributed by atoms with Crippen LogP contribution in [-0.4, -0.2) is 46.9 Å². The number of likely N-dealkylation sites (tertiary alicyclic amines) is 1. The summed E-state index contributed by atoms with van der Waals surface area (Å²) in [6, 6.07) is 5.75. The third-order valence-corrected chi connectivity index (χ3v) is 5.43. The molecule has 1 aromatic rings. The second-order valence-electron chi connectivity index (χ2n) is 7.22. The van der Waals surface area contributed by atoms with Gasteiger partial charge in [0.2, 0.25) is 5.91 Å². The number of carbonyl (C=O) groups is 3. The molecule has 1 saturated heterocycles. The number of halogens is 1. The van der Waals surface area contributed by atoms with Crippen molar-refractivity contribution in [3.05, 3.63) is 34.9 Å². The van der Waals surface area contributed by atoms with Gasteiger partial charge in [-0.2, -0.15) is 0 Å². The number of benzene rings is 1. The van der Waals surface area contributed by atoms with Gasteiger partial charge in [-0.25, -0.2) is 0 Å². The van der Waals surface area contributed by atoms with Gasteiger partial charge in [0.1, 0.15) is 6.04 Å². The minimum absolute atomic E-state index is 0.0737. The maximum atomic E-state index is 13.0. The number of carbonyl (C=O) groups excluding carboxylic acids is 2. The number of hydrogen-bond donors (Lipinski definition) is 2. The van der Waals surface area contributed by atoms with E-state index >= 15 is 0 Å². The highest BCUT2D eigenvalue weighted by molar-refractivity contribution is 6.30. The summed E-state index contributed by atoms with van der Waals surface area (Å²) in [5, 5.41) is 12.7. The SMILES string of the molecule is CCC(C)C(NC(=O)c1ccc(Cl)cc1)C(=O)N1CCC(C)(C(=O)O)C1. The Morgan fingerprint density at radius 1 is 1.31 bits per heavy atom. The first-order valence-corrected chi connectivity index (χ1v) is 9.14. The van der Waals surface area contributed by atoms with E-state index in [0.717, 1.165) is 0 Å². The van der Waals surface area contributed by atoms with E-state index in [1.807, 2.05) is 13.8 Å². The van der Waals surface area contributed by atoms with E-state index in [0.29, 0.717) is 30.0 Å². The molecule has 0 aromatic heterocycles. The third-order valence-electron chi connectivity index (χ3n) is 5.17. The maximum Gasteiger partial charge on any atom is 0.311 e. The van der Waals surface area contributed by atoms with Crippen molar-refractivity contribution in [2.24, 2.45) is 11.3 Å². The van der Waals surface area contributed by atoms with Crippen molar-refractivity contribution >= 4 is 29.4 Å². The van der Waals surface area contributed by atoms with Gasteiger partial charge in [0.15, 0.2) is 0 Å². The van der Waals surface area contributed by atoms with Crippen molar-refractivity contribution in [2.45, 2.75) is 39.7 Å². The number of amides is 2. The summed E-state index contributed by atoms with van der Waals surface area (Å²) in [5.41, 5.74) is -0.511. The van der Waals surface area contributed by atoms with E-state index in [1.165, 1.54) is 0 Å². The normalized spacial score (nSPS) is 21.9. The lowest BCUT2D eigenvalue weighted by atomic mass is 9.90. The fourth-order valence-corrected chi connectivity index (χ4v) is 3.16. The summed E-state index contributed by atoms with van der Waals surface area (Å²) < 4.78 is 0. The molecule has 3 unspecified atom stereocenters. The van der Waals surface area contributed by atoms with Crippen molar-refractivity contribution in [3.8, 4) is 0 Å². The Bertz CT molecular complexity index is 691. The Labute approximate surface area is 158 Å². The van der Waals surface area contributed by atoms with Gasteiger partial charge in [-0.3, -0.25) is 14.4 Å². The quantitative estimate of drug-likeness (QED) is 0.794. The number of carboxylic acid groups (broad SMARTS) is 1. The second kappa shape index (κ2) is 8.08. The number of nitrogens with one attached hydrogen (secondary N) is 1. The van der Waals surface area contributed by atoms with Crippen molar-refractivity contribution in [2.75, 3.05) is 13.1 Å². The molecule has 0 spiro atoms. The zero-order valence-corrected chi connectivity index (χ0v) is 16.0. The van der Waals surface area contributed by atoms with Crippen molar-refractivity contribution in [1.29, 1.82) is 0 Å². The minimum atomic E-state index is -0.935. The maximum absolute atomic E-state index is 13.0. The first-order chi connectivity index (χ1) is 12.2. The highest BCUT2D eigenvalue weighted by atomic mass is 35.5. The molecule has 1 aliphatic heterocycles.